The van der Waals surface area contributed by atoms with Crippen LogP contribution in [0.3, 0.4) is 0 Å². The third-order valence-electron chi connectivity index (χ3n) is 6.34. The average molecular weight is 510 g/mol. The Labute approximate surface area is 222 Å². The number of aromatic nitrogens is 1. The maximum absolute atomic E-state index is 13.6. The van der Waals surface area contributed by atoms with E-state index in [1.165, 1.54) is 4.90 Å². The van der Waals surface area contributed by atoms with Gasteiger partial charge < -0.3 is 24.8 Å². The van der Waals surface area contributed by atoms with Crippen molar-refractivity contribution in [3.63, 3.8) is 0 Å². The molecule has 0 saturated heterocycles. The molecule has 8 nitrogen and oxygen atoms in total. The summed E-state index contributed by atoms with van der Waals surface area (Å²) in [5, 5.41) is 13.0. The number of nitriles is 1. The third kappa shape index (κ3) is 6.99. The van der Waals surface area contributed by atoms with E-state index in [0.717, 1.165) is 22.0 Å². The van der Waals surface area contributed by atoms with Gasteiger partial charge in [0.1, 0.15) is 6.54 Å². The highest BCUT2D eigenvalue weighted by molar-refractivity contribution is 5.92. The number of nitrogens with one attached hydrogen (secondary N) is 2. The molecule has 0 radical (unpaired) electrons. The van der Waals surface area contributed by atoms with E-state index >= 15 is 0 Å². The molecular weight excluding hydrogens is 478 g/mol. The standard InChI is InChI=1S/C30H31N5O3/c1-38-18-17-35(30(37)33-26-13-11-23(19-31)12-14-26)22-29(36)34(21-24-7-3-2-4-8-24)16-15-25-20-32-28-10-6-5-9-27(25)28/h2-14,20,32H,15-18,21-22H2,1H3,(H,33,37). The molecule has 194 valence electrons. The smallest absolute Gasteiger partial charge is 0.322 e. The van der Waals surface area contributed by atoms with Crippen molar-refractivity contribution in [2.24, 2.45) is 0 Å². The SMILES string of the molecule is COCCN(CC(=O)N(CCc1c[nH]c2ccccc12)Cc1ccccc1)C(=O)Nc1ccc(C#N)cc1. The van der Waals surface area contributed by atoms with E-state index in [-0.39, 0.29) is 19.0 Å². The van der Waals surface area contributed by atoms with Gasteiger partial charge in [0.2, 0.25) is 5.91 Å². The van der Waals surface area contributed by atoms with Gasteiger partial charge in [-0.25, -0.2) is 4.79 Å². The molecule has 1 aromatic heterocycles. The molecule has 1 heterocycles. The number of methoxy groups -OCH3 is 1. The lowest BCUT2D eigenvalue weighted by molar-refractivity contribution is -0.132. The number of amides is 3. The fraction of sp³-hybridized carbons (Fsp3) is 0.233. The number of benzene rings is 3. The Morgan fingerprint density at radius 2 is 1.68 bits per heavy atom. The first-order valence-electron chi connectivity index (χ1n) is 12.5. The predicted molar refractivity (Wildman–Crippen MR) is 147 cm³/mol. The van der Waals surface area contributed by atoms with E-state index < -0.39 is 6.03 Å². The number of carbonyl (C=O) groups excluding carboxylic acids is 2. The highest BCUT2D eigenvalue weighted by Crippen LogP contribution is 2.19. The summed E-state index contributed by atoms with van der Waals surface area (Å²) in [6, 6.07) is 26.2. The monoisotopic (exact) mass is 509 g/mol. The Morgan fingerprint density at radius 1 is 0.947 bits per heavy atom. The summed E-state index contributed by atoms with van der Waals surface area (Å²) in [6.07, 6.45) is 2.67. The van der Waals surface area contributed by atoms with Crippen molar-refractivity contribution in [3.05, 3.63) is 102 Å². The zero-order chi connectivity index (χ0) is 26.7. The highest BCUT2D eigenvalue weighted by Gasteiger charge is 2.22. The Bertz CT molecular complexity index is 1390. The van der Waals surface area contributed by atoms with E-state index in [0.29, 0.717) is 37.4 Å². The van der Waals surface area contributed by atoms with Gasteiger partial charge in [-0.05, 0) is 47.9 Å². The number of carbonyl (C=O) groups is 2. The van der Waals surface area contributed by atoms with Crippen molar-refractivity contribution < 1.29 is 14.3 Å². The Morgan fingerprint density at radius 3 is 2.42 bits per heavy atom. The second-order valence-corrected chi connectivity index (χ2v) is 8.94. The zero-order valence-electron chi connectivity index (χ0n) is 21.4. The summed E-state index contributed by atoms with van der Waals surface area (Å²) in [7, 11) is 1.56. The number of rotatable bonds is 11. The topological polar surface area (TPSA) is 101 Å². The fourth-order valence-corrected chi connectivity index (χ4v) is 4.24. The number of para-hydroxylation sites is 1. The fourth-order valence-electron chi connectivity index (χ4n) is 4.24. The molecule has 0 aliphatic heterocycles. The molecule has 38 heavy (non-hydrogen) atoms. The number of aromatic amines is 1. The van der Waals surface area contributed by atoms with Crippen molar-refractivity contribution in [2.75, 3.05) is 38.7 Å². The van der Waals surface area contributed by atoms with Gasteiger partial charge in [-0.2, -0.15) is 5.26 Å². The molecule has 0 aliphatic carbocycles. The quantitative estimate of drug-likeness (QED) is 0.303. The van der Waals surface area contributed by atoms with Crippen LogP contribution in [0.15, 0.2) is 85.1 Å². The molecule has 0 aliphatic rings. The van der Waals surface area contributed by atoms with Gasteiger partial charge in [0.15, 0.2) is 0 Å². The maximum atomic E-state index is 13.6. The largest absolute Gasteiger partial charge is 0.383 e. The molecule has 4 rings (SSSR count). The molecule has 3 aromatic carbocycles. The lowest BCUT2D eigenvalue weighted by Gasteiger charge is -2.28. The molecule has 0 spiro atoms. The summed E-state index contributed by atoms with van der Waals surface area (Å²) < 4.78 is 5.19. The first-order chi connectivity index (χ1) is 18.6. The number of hydrogen-bond acceptors (Lipinski definition) is 4. The Balaban J connectivity index is 1.48. The van der Waals surface area contributed by atoms with Crippen LogP contribution in [0.25, 0.3) is 10.9 Å². The van der Waals surface area contributed by atoms with Crippen LogP contribution >= 0.6 is 0 Å². The summed E-state index contributed by atoms with van der Waals surface area (Å²) >= 11 is 0. The Kier molecular flexibility index (Phi) is 9.11. The number of urea groups is 1. The summed E-state index contributed by atoms with van der Waals surface area (Å²) in [4.78, 5) is 33.2. The van der Waals surface area contributed by atoms with Crippen LogP contribution in [0, 0.1) is 11.3 Å². The van der Waals surface area contributed by atoms with Crippen LogP contribution in [0.4, 0.5) is 10.5 Å². The molecule has 0 atom stereocenters. The van der Waals surface area contributed by atoms with Crippen molar-refractivity contribution in [1.82, 2.24) is 14.8 Å². The number of ether oxygens (including phenoxy) is 1. The zero-order valence-corrected chi connectivity index (χ0v) is 21.4. The molecule has 3 amide bonds. The molecule has 0 saturated carbocycles. The van der Waals surface area contributed by atoms with Gasteiger partial charge in [-0.15, -0.1) is 0 Å². The van der Waals surface area contributed by atoms with Crippen LogP contribution in [0.2, 0.25) is 0 Å². The van der Waals surface area contributed by atoms with Gasteiger partial charge >= 0.3 is 6.03 Å². The number of hydrogen-bond donors (Lipinski definition) is 2. The van der Waals surface area contributed by atoms with Gasteiger partial charge in [0.25, 0.3) is 0 Å². The average Bonchev–Trinajstić information content (AvgIpc) is 3.37. The Hall–Kier alpha value is -4.61. The molecule has 0 unspecified atom stereocenters. The molecule has 0 bridgehead atoms. The summed E-state index contributed by atoms with van der Waals surface area (Å²) in [5.74, 6) is -0.153. The minimum atomic E-state index is -0.406. The number of H-pyrrole nitrogens is 1. The van der Waals surface area contributed by atoms with Crippen molar-refractivity contribution in [3.8, 4) is 6.07 Å². The van der Waals surface area contributed by atoms with E-state index in [4.69, 9.17) is 10.00 Å². The lowest BCUT2D eigenvalue weighted by atomic mass is 10.1. The number of anilines is 1. The first-order valence-corrected chi connectivity index (χ1v) is 12.5. The van der Waals surface area contributed by atoms with Crippen molar-refractivity contribution >= 4 is 28.5 Å². The van der Waals surface area contributed by atoms with E-state index in [2.05, 4.69) is 22.4 Å². The van der Waals surface area contributed by atoms with E-state index in [1.54, 1.807) is 36.3 Å². The van der Waals surface area contributed by atoms with E-state index in [1.807, 2.05) is 54.7 Å². The number of fused-ring (bicyclic) bond motifs is 1. The molecular formula is C30H31N5O3. The van der Waals surface area contributed by atoms with Crippen molar-refractivity contribution in [2.45, 2.75) is 13.0 Å². The van der Waals surface area contributed by atoms with Crippen molar-refractivity contribution in [1.29, 1.82) is 5.26 Å². The maximum Gasteiger partial charge on any atom is 0.322 e. The molecule has 0 fully saturated rings. The molecule has 2 N–H and O–H groups in total. The second kappa shape index (κ2) is 13.1. The minimum Gasteiger partial charge on any atom is -0.383 e. The second-order valence-electron chi connectivity index (χ2n) is 8.94. The highest BCUT2D eigenvalue weighted by atomic mass is 16.5. The summed E-state index contributed by atoms with van der Waals surface area (Å²) in [5.41, 5.74) is 4.27. The lowest BCUT2D eigenvalue weighted by Crippen LogP contribution is -2.46. The van der Waals surface area contributed by atoms with Gasteiger partial charge in [0, 0.05) is 49.5 Å². The van der Waals surface area contributed by atoms with Crippen LogP contribution in [0.5, 0.6) is 0 Å². The van der Waals surface area contributed by atoms with Crippen LogP contribution in [-0.2, 0) is 22.5 Å². The van der Waals surface area contributed by atoms with Crippen LogP contribution in [0.1, 0.15) is 16.7 Å². The van der Waals surface area contributed by atoms with Gasteiger partial charge in [0.05, 0.1) is 18.2 Å². The summed E-state index contributed by atoms with van der Waals surface area (Å²) in [6.45, 7) is 1.41. The molecule has 8 heteroatoms. The molecule has 4 aromatic rings. The minimum absolute atomic E-state index is 0.0911. The third-order valence-corrected chi connectivity index (χ3v) is 6.34. The van der Waals surface area contributed by atoms with Crippen LogP contribution < -0.4 is 5.32 Å². The van der Waals surface area contributed by atoms with E-state index in [9.17, 15) is 9.59 Å². The number of nitrogens with zero attached hydrogens (tertiary/aromatic N) is 3. The van der Waals surface area contributed by atoms with Crippen LogP contribution in [-0.4, -0.2) is 60.1 Å². The normalized spacial score (nSPS) is 10.6. The van der Waals surface area contributed by atoms with Gasteiger partial charge in [-0.1, -0.05) is 48.5 Å². The van der Waals surface area contributed by atoms with Gasteiger partial charge in [-0.3, -0.25) is 4.79 Å². The predicted octanol–water partition coefficient (Wildman–Crippen LogP) is 4.79. The first kappa shape index (κ1) is 26.5.